The summed E-state index contributed by atoms with van der Waals surface area (Å²) >= 11 is 5.94. The zero-order valence-corrected chi connectivity index (χ0v) is 12.3. The lowest BCUT2D eigenvalue weighted by molar-refractivity contribution is -0.119. The highest BCUT2D eigenvalue weighted by Crippen LogP contribution is 2.13. The number of nitrogens with one attached hydrogen (secondary N) is 1. The van der Waals surface area contributed by atoms with E-state index in [1.54, 1.807) is 0 Å². The molecular formula is C16H17ClN2O2. The van der Waals surface area contributed by atoms with Gasteiger partial charge in [-0.3, -0.25) is 4.79 Å². The molecule has 0 atom stereocenters. The Morgan fingerprint density at radius 3 is 2.48 bits per heavy atom. The third-order valence-corrected chi connectivity index (χ3v) is 3.09. The lowest BCUT2D eigenvalue weighted by atomic mass is 10.2. The SMILES string of the molecule is NC(=O)COc1ccc(CNCc2cccc(Cl)c2)cc1. The highest BCUT2D eigenvalue weighted by Gasteiger charge is 1.99. The van der Waals surface area contributed by atoms with Gasteiger partial charge >= 0.3 is 0 Å². The van der Waals surface area contributed by atoms with Gasteiger partial charge in [0.25, 0.3) is 5.91 Å². The lowest BCUT2D eigenvalue weighted by Crippen LogP contribution is -2.20. The molecule has 0 heterocycles. The largest absolute Gasteiger partial charge is 0.484 e. The van der Waals surface area contributed by atoms with E-state index in [0.29, 0.717) is 5.75 Å². The molecule has 110 valence electrons. The molecule has 0 aliphatic carbocycles. The molecule has 4 nitrogen and oxygen atoms in total. The fourth-order valence-corrected chi connectivity index (χ4v) is 2.07. The van der Waals surface area contributed by atoms with E-state index in [4.69, 9.17) is 22.1 Å². The molecular weight excluding hydrogens is 288 g/mol. The van der Waals surface area contributed by atoms with Gasteiger partial charge < -0.3 is 15.8 Å². The average molecular weight is 305 g/mol. The maximum absolute atomic E-state index is 10.6. The fourth-order valence-electron chi connectivity index (χ4n) is 1.86. The normalized spacial score (nSPS) is 10.3. The minimum absolute atomic E-state index is 0.105. The van der Waals surface area contributed by atoms with Crippen LogP contribution in [0.5, 0.6) is 5.75 Å². The second kappa shape index (κ2) is 7.67. The lowest BCUT2D eigenvalue weighted by Gasteiger charge is -2.07. The predicted octanol–water partition coefficient (Wildman–Crippen LogP) is 2.49. The molecule has 0 saturated heterocycles. The third kappa shape index (κ3) is 5.45. The number of halogens is 1. The van der Waals surface area contributed by atoms with Crippen LogP contribution < -0.4 is 15.8 Å². The predicted molar refractivity (Wildman–Crippen MR) is 83.1 cm³/mol. The first-order chi connectivity index (χ1) is 10.1. The van der Waals surface area contributed by atoms with Crippen molar-refractivity contribution in [2.45, 2.75) is 13.1 Å². The monoisotopic (exact) mass is 304 g/mol. The van der Waals surface area contributed by atoms with Gasteiger partial charge in [0.1, 0.15) is 5.75 Å². The number of hydrogen-bond acceptors (Lipinski definition) is 3. The molecule has 0 aromatic heterocycles. The third-order valence-electron chi connectivity index (χ3n) is 2.85. The molecule has 2 rings (SSSR count). The van der Waals surface area contributed by atoms with Crippen molar-refractivity contribution < 1.29 is 9.53 Å². The summed E-state index contributed by atoms with van der Waals surface area (Å²) in [7, 11) is 0. The highest BCUT2D eigenvalue weighted by atomic mass is 35.5. The van der Waals surface area contributed by atoms with Crippen molar-refractivity contribution in [1.29, 1.82) is 0 Å². The van der Waals surface area contributed by atoms with Crippen molar-refractivity contribution >= 4 is 17.5 Å². The van der Waals surface area contributed by atoms with Gasteiger partial charge in [-0.05, 0) is 35.4 Å². The van der Waals surface area contributed by atoms with E-state index >= 15 is 0 Å². The molecule has 0 aliphatic rings. The van der Waals surface area contributed by atoms with Crippen LogP contribution in [0.15, 0.2) is 48.5 Å². The molecule has 5 heteroatoms. The number of benzene rings is 2. The molecule has 1 amide bonds. The Morgan fingerprint density at radius 1 is 1.10 bits per heavy atom. The zero-order valence-electron chi connectivity index (χ0n) is 11.5. The number of rotatable bonds is 7. The van der Waals surface area contributed by atoms with Gasteiger partial charge in [-0.25, -0.2) is 0 Å². The molecule has 0 unspecified atom stereocenters. The molecule has 0 aliphatic heterocycles. The van der Waals surface area contributed by atoms with Crippen LogP contribution in [0.2, 0.25) is 5.02 Å². The van der Waals surface area contributed by atoms with Crippen LogP contribution in [-0.2, 0) is 17.9 Å². The van der Waals surface area contributed by atoms with Gasteiger partial charge in [0.05, 0.1) is 0 Å². The summed E-state index contributed by atoms with van der Waals surface area (Å²) in [6.07, 6.45) is 0. The van der Waals surface area contributed by atoms with Gasteiger partial charge in [-0.2, -0.15) is 0 Å². The Kier molecular flexibility index (Phi) is 5.60. The van der Waals surface area contributed by atoms with Crippen LogP contribution in [0.3, 0.4) is 0 Å². The van der Waals surface area contributed by atoms with Crippen molar-refractivity contribution in [1.82, 2.24) is 5.32 Å². The van der Waals surface area contributed by atoms with Crippen LogP contribution >= 0.6 is 11.6 Å². The average Bonchev–Trinajstić information content (AvgIpc) is 2.46. The maximum atomic E-state index is 10.6. The summed E-state index contributed by atoms with van der Waals surface area (Å²) < 4.78 is 5.20. The summed E-state index contributed by atoms with van der Waals surface area (Å²) in [5.74, 6) is 0.148. The molecule has 0 saturated carbocycles. The standard InChI is InChI=1S/C16H17ClN2O2/c17-14-3-1-2-13(8-14)10-19-9-12-4-6-15(7-5-12)21-11-16(18)20/h1-8,19H,9-11H2,(H2,18,20). The first kappa shape index (κ1) is 15.4. The van der Waals surface area contributed by atoms with Crippen molar-refractivity contribution in [3.8, 4) is 5.75 Å². The van der Waals surface area contributed by atoms with Gasteiger partial charge in [0, 0.05) is 18.1 Å². The summed E-state index contributed by atoms with van der Waals surface area (Å²) in [4.78, 5) is 10.6. The van der Waals surface area contributed by atoms with Crippen LogP contribution in [0.4, 0.5) is 0 Å². The van der Waals surface area contributed by atoms with Gasteiger partial charge in [0.2, 0.25) is 0 Å². The van der Waals surface area contributed by atoms with Gasteiger partial charge in [-0.15, -0.1) is 0 Å². The van der Waals surface area contributed by atoms with E-state index in [0.717, 1.165) is 29.2 Å². The van der Waals surface area contributed by atoms with Crippen LogP contribution in [0.1, 0.15) is 11.1 Å². The summed E-state index contributed by atoms with van der Waals surface area (Å²) in [5, 5.41) is 4.08. The van der Waals surface area contributed by atoms with E-state index < -0.39 is 5.91 Å². The van der Waals surface area contributed by atoms with Crippen molar-refractivity contribution in [3.63, 3.8) is 0 Å². The van der Waals surface area contributed by atoms with E-state index in [9.17, 15) is 4.79 Å². The quantitative estimate of drug-likeness (QED) is 0.826. The second-order valence-electron chi connectivity index (χ2n) is 4.63. The molecule has 2 aromatic carbocycles. The van der Waals surface area contributed by atoms with E-state index in [2.05, 4.69) is 5.32 Å². The summed E-state index contributed by atoms with van der Waals surface area (Å²) in [5.41, 5.74) is 7.29. The molecule has 0 bridgehead atoms. The second-order valence-corrected chi connectivity index (χ2v) is 5.07. The minimum Gasteiger partial charge on any atom is -0.484 e. The van der Waals surface area contributed by atoms with Gasteiger partial charge in [-0.1, -0.05) is 35.9 Å². The zero-order chi connectivity index (χ0) is 15.1. The first-order valence-corrected chi connectivity index (χ1v) is 6.96. The van der Waals surface area contributed by atoms with E-state index in [1.807, 2.05) is 48.5 Å². The van der Waals surface area contributed by atoms with E-state index in [1.165, 1.54) is 0 Å². The number of ether oxygens (including phenoxy) is 1. The Hall–Kier alpha value is -2.04. The molecule has 3 N–H and O–H groups in total. The van der Waals surface area contributed by atoms with Crippen molar-refractivity contribution in [2.24, 2.45) is 5.73 Å². The smallest absolute Gasteiger partial charge is 0.255 e. The number of carbonyl (C=O) groups is 1. The minimum atomic E-state index is -0.484. The van der Waals surface area contributed by atoms with Crippen LogP contribution in [0.25, 0.3) is 0 Å². The summed E-state index contributed by atoms with van der Waals surface area (Å²) in [6.45, 7) is 1.38. The molecule has 0 fully saturated rings. The topological polar surface area (TPSA) is 64.4 Å². The maximum Gasteiger partial charge on any atom is 0.255 e. The van der Waals surface area contributed by atoms with Crippen LogP contribution in [0, 0.1) is 0 Å². The molecule has 2 aromatic rings. The number of hydrogen-bond donors (Lipinski definition) is 2. The van der Waals surface area contributed by atoms with Crippen LogP contribution in [-0.4, -0.2) is 12.5 Å². The number of carbonyl (C=O) groups excluding carboxylic acids is 1. The Morgan fingerprint density at radius 2 is 1.81 bits per heavy atom. The first-order valence-electron chi connectivity index (χ1n) is 6.59. The van der Waals surface area contributed by atoms with Crippen molar-refractivity contribution in [2.75, 3.05) is 6.61 Å². The summed E-state index contributed by atoms with van der Waals surface area (Å²) in [6, 6.07) is 15.3. The number of primary amides is 1. The molecule has 0 radical (unpaired) electrons. The Balaban J connectivity index is 1.79. The van der Waals surface area contributed by atoms with Gasteiger partial charge in [0.15, 0.2) is 6.61 Å². The number of amides is 1. The Bertz CT molecular complexity index is 599. The Labute approximate surface area is 128 Å². The number of nitrogens with two attached hydrogens (primary N) is 1. The fraction of sp³-hybridized carbons (Fsp3) is 0.188. The van der Waals surface area contributed by atoms with E-state index in [-0.39, 0.29) is 6.61 Å². The van der Waals surface area contributed by atoms with Crippen molar-refractivity contribution in [3.05, 3.63) is 64.7 Å². The molecule has 21 heavy (non-hydrogen) atoms. The highest BCUT2D eigenvalue weighted by molar-refractivity contribution is 6.30. The molecule has 0 spiro atoms.